The first-order valence-electron chi connectivity index (χ1n) is 9.47. The molecule has 1 aliphatic heterocycles. The highest BCUT2D eigenvalue weighted by molar-refractivity contribution is 6.30. The molecule has 28 heavy (non-hydrogen) atoms. The molecule has 2 unspecified atom stereocenters. The molecule has 7 heteroatoms. The second-order valence-corrected chi connectivity index (χ2v) is 8.33. The number of primary amides is 1. The number of rotatable bonds is 5. The Balaban J connectivity index is 2.57. The van der Waals surface area contributed by atoms with Crippen molar-refractivity contribution in [2.75, 3.05) is 6.54 Å². The van der Waals surface area contributed by atoms with Crippen LogP contribution in [0.25, 0.3) is 0 Å². The summed E-state index contributed by atoms with van der Waals surface area (Å²) < 4.78 is -0.275. The van der Waals surface area contributed by atoms with E-state index in [-0.39, 0.29) is 23.5 Å². The lowest BCUT2D eigenvalue weighted by Crippen LogP contribution is -2.65. The molecule has 2 rings (SSSR count). The molecule has 1 saturated heterocycles. The molecule has 1 aliphatic rings. The summed E-state index contributed by atoms with van der Waals surface area (Å²) >= 11 is 6.16. The summed E-state index contributed by atoms with van der Waals surface area (Å²) in [5.41, 5.74) is 11.2. The van der Waals surface area contributed by atoms with Gasteiger partial charge in [-0.3, -0.25) is 4.79 Å². The molecule has 0 aromatic heterocycles. The average molecular weight is 407 g/mol. The summed E-state index contributed by atoms with van der Waals surface area (Å²) in [6.07, 6.45) is 1.12. The van der Waals surface area contributed by atoms with E-state index in [1.807, 2.05) is 19.9 Å². The van der Waals surface area contributed by atoms with Gasteiger partial charge in [0.25, 0.3) is 5.91 Å². The molecule has 6 nitrogen and oxygen atoms in total. The molecule has 152 valence electrons. The molecular weight excluding hydrogens is 378 g/mol. The van der Waals surface area contributed by atoms with Crippen molar-refractivity contribution < 1.29 is 19.2 Å². The monoisotopic (exact) mass is 406 g/mol. The van der Waals surface area contributed by atoms with Crippen LogP contribution in [0.15, 0.2) is 18.2 Å². The van der Waals surface area contributed by atoms with Crippen molar-refractivity contribution in [3.05, 3.63) is 34.3 Å². The number of aliphatic hydroxyl groups is 1. The molecule has 0 radical (unpaired) electrons. The quantitative estimate of drug-likeness (QED) is 0.511. The number of quaternary nitrogens is 1. The summed E-state index contributed by atoms with van der Waals surface area (Å²) in [5, 5.41) is 11.4. The van der Waals surface area contributed by atoms with E-state index in [9.17, 15) is 14.7 Å². The van der Waals surface area contributed by atoms with Crippen molar-refractivity contribution in [3.63, 3.8) is 0 Å². The maximum Gasteiger partial charge on any atom is 0.358 e. The molecule has 1 fully saturated rings. The zero-order valence-electron chi connectivity index (χ0n) is 16.7. The Bertz CT molecular complexity index is 826. The van der Waals surface area contributed by atoms with E-state index in [4.69, 9.17) is 23.1 Å². The third-order valence-corrected chi connectivity index (χ3v) is 5.46. The second kappa shape index (κ2) is 8.62. The van der Waals surface area contributed by atoms with Gasteiger partial charge in [0.2, 0.25) is 5.60 Å². The Morgan fingerprint density at radius 3 is 2.64 bits per heavy atom. The first-order valence-corrected chi connectivity index (χ1v) is 9.85. The molecule has 1 aromatic carbocycles. The number of amides is 2. The van der Waals surface area contributed by atoms with E-state index in [0.717, 1.165) is 11.1 Å². The zero-order chi connectivity index (χ0) is 21.1. The number of nitrogens with two attached hydrogens (primary N) is 2. The fraction of sp³-hybridized carbons (Fsp3) is 0.524. The summed E-state index contributed by atoms with van der Waals surface area (Å²) in [6, 6.07) is 4.57. The number of hydrogen-bond donors (Lipinski definition) is 3. The van der Waals surface area contributed by atoms with Gasteiger partial charge in [-0.2, -0.15) is 0 Å². The lowest BCUT2D eigenvalue weighted by Gasteiger charge is -2.39. The highest BCUT2D eigenvalue weighted by Crippen LogP contribution is 2.35. The van der Waals surface area contributed by atoms with Crippen molar-refractivity contribution in [2.24, 2.45) is 17.4 Å². The fourth-order valence-corrected chi connectivity index (χ4v) is 4.07. The van der Waals surface area contributed by atoms with E-state index in [1.54, 1.807) is 12.1 Å². The van der Waals surface area contributed by atoms with Gasteiger partial charge in [-0.15, -0.1) is 0 Å². The highest BCUT2D eigenvalue weighted by atomic mass is 35.5. The fourth-order valence-electron chi connectivity index (χ4n) is 3.88. The number of hydrogen-bond acceptors (Lipinski definition) is 4. The van der Waals surface area contributed by atoms with Crippen LogP contribution in [0.1, 0.15) is 44.7 Å². The topological polar surface area (TPSA) is 106 Å². The van der Waals surface area contributed by atoms with Crippen molar-refractivity contribution in [2.45, 2.75) is 58.3 Å². The Kier molecular flexibility index (Phi) is 6.89. The second-order valence-electron chi connectivity index (χ2n) is 7.89. The minimum absolute atomic E-state index is 0.00462. The Morgan fingerprint density at radius 2 is 2.07 bits per heavy atom. The minimum atomic E-state index is -1.90. The summed E-state index contributed by atoms with van der Waals surface area (Å²) in [5.74, 6) is 4.45. The highest BCUT2D eigenvalue weighted by Gasteiger charge is 2.56. The van der Waals surface area contributed by atoms with Crippen LogP contribution < -0.4 is 11.5 Å². The molecule has 0 saturated carbocycles. The third kappa shape index (κ3) is 4.56. The van der Waals surface area contributed by atoms with Gasteiger partial charge in [-0.25, -0.2) is 9.28 Å². The predicted octanol–water partition coefficient (Wildman–Crippen LogP) is 1.70. The SMILES string of the molecule is CC(C)C#CC(C)(O)C(=O)[N+]1(Cc2cc(Cl)ccc2CN)CCC[C@H]1C(N)=O. The Morgan fingerprint density at radius 1 is 1.39 bits per heavy atom. The van der Waals surface area contributed by atoms with Crippen molar-refractivity contribution in [1.82, 2.24) is 0 Å². The van der Waals surface area contributed by atoms with Gasteiger partial charge in [0, 0.05) is 35.9 Å². The van der Waals surface area contributed by atoms with Crippen molar-refractivity contribution in [1.29, 1.82) is 0 Å². The maximum atomic E-state index is 13.6. The van der Waals surface area contributed by atoms with Crippen LogP contribution in [0.5, 0.6) is 0 Å². The average Bonchev–Trinajstić information content (AvgIpc) is 3.04. The van der Waals surface area contributed by atoms with E-state index < -0.39 is 23.5 Å². The molecule has 1 heterocycles. The third-order valence-electron chi connectivity index (χ3n) is 5.23. The normalized spacial score (nSPS) is 23.8. The summed E-state index contributed by atoms with van der Waals surface area (Å²) in [7, 11) is 0. The number of halogens is 1. The van der Waals surface area contributed by atoms with Gasteiger partial charge in [0.05, 0.1) is 6.54 Å². The molecule has 5 N–H and O–H groups in total. The number of nitrogens with zero attached hydrogens (tertiary/aromatic N) is 1. The smallest absolute Gasteiger partial charge is 0.358 e. The molecule has 1 aromatic rings. The van der Waals surface area contributed by atoms with Gasteiger partial charge < -0.3 is 16.6 Å². The van der Waals surface area contributed by atoms with Crippen molar-refractivity contribution in [3.8, 4) is 11.8 Å². The number of likely N-dealkylation sites (tertiary alicyclic amines) is 1. The molecule has 0 spiro atoms. The van der Waals surface area contributed by atoms with Gasteiger partial charge in [0.1, 0.15) is 6.54 Å². The lowest BCUT2D eigenvalue weighted by atomic mass is 9.98. The van der Waals surface area contributed by atoms with Crippen LogP contribution >= 0.6 is 11.6 Å². The molecule has 0 aliphatic carbocycles. The Labute approximate surface area is 171 Å². The summed E-state index contributed by atoms with van der Waals surface area (Å²) in [6.45, 7) is 5.97. The van der Waals surface area contributed by atoms with Gasteiger partial charge in [0.15, 0.2) is 6.04 Å². The van der Waals surface area contributed by atoms with Gasteiger partial charge >= 0.3 is 5.91 Å². The van der Waals surface area contributed by atoms with E-state index in [2.05, 4.69) is 11.8 Å². The van der Waals surface area contributed by atoms with Crippen LogP contribution in [0.3, 0.4) is 0 Å². The van der Waals surface area contributed by atoms with E-state index in [0.29, 0.717) is 24.4 Å². The Hall–Kier alpha value is -1.91. The van der Waals surface area contributed by atoms with Crippen LogP contribution in [0.2, 0.25) is 5.02 Å². The zero-order valence-corrected chi connectivity index (χ0v) is 17.4. The number of benzene rings is 1. The van der Waals surface area contributed by atoms with E-state index >= 15 is 0 Å². The molecular formula is C21H29ClN3O3+. The standard InChI is InChI=1S/C21H28ClN3O3/c1-14(2)8-9-21(3,28)20(27)25(10-4-5-18(25)19(24)26)13-16-11-17(22)7-6-15(16)12-23/h6-7,11,14,18,28H,4-5,10,12-13,23H2,1-3H3,(H-,24,26)/p+1/t18-,21?,25?/m0/s1. The minimum Gasteiger partial charge on any atom is -0.366 e. The first kappa shape index (κ1) is 22.4. The number of carbonyl (C=O) groups excluding carboxylic acids is 2. The van der Waals surface area contributed by atoms with Crippen molar-refractivity contribution >= 4 is 23.4 Å². The molecule has 3 atom stereocenters. The van der Waals surface area contributed by atoms with E-state index in [1.165, 1.54) is 6.92 Å². The summed E-state index contributed by atoms with van der Waals surface area (Å²) in [4.78, 5) is 25.8. The van der Waals surface area contributed by atoms with Crippen LogP contribution in [-0.4, -0.2) is 39.6 Å². The maximum absolute atomic E-state index is 13.6. The van der Waals surface area contributed by atoms with Crippen LogP contribution in [-0.2, 0) is 22.7 Å². The lowest BCUT2D eigenvalue weighted by molar-refractivity contribution is -0.873. The largest absolute Gasteiger partial charge is 0.366 e. The van der Waals surface area contributed by atoms with Gasteiger partial charge in [-0.05, 0) is 24.6 Å². The first-order chi connectivity index (χ1) is 13.0. The number of carbonyl (C=O) groups is 2. The molecule has 2 amide bonds. The van der Waals surface area contributed by atoms with Crippen LogP contribution in [0.4, 0.5) is 0 Å². The van der Waals surface area contributed by atoms with Crippen LogP contribution in [0, 0.1) is 17.8 Å². The molecule has 0 bridgehead atoms. The predicted molar refractivity (Wildman–Crippen MR) is 109 cm³/mol. The van der Waals surface area contributed by atoms with Gasteiger partial charge in [-0.1, -0.05) is 43.4 Å².